The van der Waals surface area contributed by atoms with E-state index in [2.05, 4.69) is 69.1 Å². The smallest absolute Gasteiger partial charge is 0.254 e. The quantitative estimate of drug-likeness (QED) is 0.389. The van der Waals surface area contributed by atoms with Gasteiger partial charge in [0.05, 0.1) is 12.6 Å². The van der Waals surface area contributed by atoms with Gasteiger partial charge in [-0.1, -0.05) is 38.1 Å². The summed E-state index contributed by atoms with van der Waals surface area (Å²) in [7, 11) is 0. The maximum atomic E-state index is 12.0. The van der Waals surface area contributed by atoms with Gasteiger partial charge in [-0.15, -0.1) is 0 Å². The van der Waals surface area contributed by atoms with Crippen molar-refractivity contribution in [2.75, 3.05) is 10.6 Å². The molecule has 2 aromatic heterocycles. The van der Waals surface area contributed by atoms with Crippen LogP contribution < -0.4 is 16.0 Å². The number of nitrogens with one attached hydrogen (secondary N) is 3. The number of hydrogen-bond donors (Lipinski definition) is 3. The topological polar surface area (TPSA) is 113 Å². The van der Waals surface area contributed by atoms with Crippen LogP contribution in [0, 0.1) is 0 Å². The van der Waals surface area contributed by atoms with Crippen LogP contribution >= 0.6 is 0 Å². The molecule has 3 aromatic rings. The van der Waals surface area contributed by atoms with Crippen molar-refractivity contribution in [3.05, 3.63) is 52.7 Å². The van der Waals surface area contributed by atoms with Crippen LogP contribution in [0.15, 0.2) is 36.0 Å². The maximum Gasteiger partial charge on any atom is 0.254 e. The molecule has 0 atom stereocenters. The number of benzene rings is 1. The van der Waals surface area contributed by atoms with Crippen molar-refractivity contribution in [1.29, 1.82) is 0 Å². The monoisotopic (exact) mass is 431 g/mol. The van der Waals surface area contributed by atoms with Gasteiger partial charge in [-0.3, -0.25) is 14.9 Å². The number of anilines is 2. The summed E-state index contributed by atoms with van der Waals surface area (Å²) in [5, 5.41) is 13.4. The summed E-state index contributed by atoms with van der Waals surface area (Å²) in [5.41, 5.74) is 4.07. The summed E-state index contributed by atoms with van der Waals surface area (Å²) in [6.07, 6.45) is 5.56. The molecule has 32 heavy (non-hydrogen) atoms. The van der Waals surface area contributed by atoms with Gasteiger partial charge in [0.15, 0.2) is 5.65 Å². The predicted octanol–water partition coefficient (Wildman–Crippen LogP) is 2.86. The molecule has 0 spiro atoms. The molecule has 2 fully saturated rings. The molecule has 1 aliphatic carbocycles. The van der Waals surface area contributed by atoms with Gasteiger partial charge in [0, 0.05) is 23.7 Å². The van der Waals surface area contributed by atoms with Crippen molar-refractivity contribution in [1.82, 2.24) is 24.9 Å². The number of imide groups is 1. The molecule has 0 unspecified atom stereocenters. The molecule has 2 aliphatic rings. The van der Waals surface area contributed by atoms with Gasteiger partial charge in [-0.2, -0.15) is 19.6 Å². The highest BCUT2D eigenvalue weighted by molar-refractivity contribution is 6.15. The van der Waals surface area contributed by atoms with Gasteiger partial charge in [0.1, 0.15) is 0 Å². The third-order valence-electron chi connectivity index (χ3n) is 5.63. The summed E-state index contributed by atoms with van der Waals surface area (Å²) < 4.78 is 1.64. The first kappa shape index (κ1) is 20.2. The zero-order valence-electron chi connectivity index (χ0n) is 18.1. The molecule has 3 heterocycles. The molecular weight excluding hydrogens is 406 g/mol. The predicted molar refractivity (Wildman–Crippen MR) is 121 cm³/mol. The molecule has 2 amide bonds. The zero-order chi connectivity index (χ0) is 22.2. The molecule has 1 saturated carbocycles. The number of carbonyl (C=O) groups is 2. The van der Waals surface area contributed by atoms with Crippen LogP contribution in [0.3, 0.4) is 0 Å². The minimum absolute atomic E-state index is 0.0614. The van der Waals surface area contributed by atoms with Gasteiger partial charge in [0.25, 0.3) is 5.91 Å². The van der Waals surface area contributed by atoms with Crippen LogP contribution in [0.5, 0.6) is 0 Å². The Bertz CT molecular complexity index is 1220. The minimum Gasteiger partial charge on any atom is -0.351 e. The average molecular weight is 432 g/mol. The lowest BCUT2D eigenvalue weighted by Crippen LogP contribution is -2.19. The van der Waals surface area contributed by atoms with E-state index in [1.807, 2.05) is 0 Å². The fourth-order valence-electron chi connectivity index (χ4n) is 3.59. The van der Waals surface area contributed by atoms with E-state index in [0.717, 1.165) is 18.4 Å². The molecule has 9 heteroatoms. The largest absolute Gasteiger partial charge is 0.351 e. The molecule has 9 nitrogen and oxygen atoms in total. The van der Waals surface area contributed by atoms with Crippen LogP contribution in [0.1, 0.15) is 55.7 Å². The van der Waals surface area contributed by atoms with Gasteiger partial charge in [-0.25, -0.2) is 0 Å². The maximum absolute atomic E-state index is 12.0. The number of carbonyl (C=O) groups excluding carboxylic acids is 2. The fourth-order valence-corrected chi connectivity index (χ4v) is 3.59. The molecule has 1 aromatic carbocycles. The van der Waals surface area contributed by atoms with Gasteiger partial charge in [-0.05, 0) is 36.0 Å². The van der Waals surface area contributed by atoms with Crippen LogP contribution in [0.25, 0.3) is 11.7 Å². The number of nitrogens with zero attached hydrogens (tertiary/aromatic N) is 4. The SMILES string of the molecule is CC(C)c1ccc(CNc2nc(NC3CC3)n3ncc(/C=C4\CC(=O)NC4=O)c3n2)cc1. The highest BCUT2D eigenvalue weighted by Crippen LogP contribution is 2.26. The van der Waals surface area contributed by atoms with Crippen LogP contribution in [-0.2, 0) is 16.1 Å². The van der Waals surface area contributed by atoms with E-state index in [4.69, 9.17) is 0 Å². The Morgan fingerprint density at radius 1 is 1.19 bits per heavy atom. The minimum atomic E-state index is -0.372. The summed E-state index contributed by atoms with van der Waals surface area (Å²) >= 11 is 0. The third-order valence-corrected chi connectivity index (χ3v) is 5.63. The standard InChI is InChI=1S/C23H25N7O2/c1-13(2)15-5-3-14(4-6-15)11-24-22-28-20-17(9-16-10-19(31)27-21(16)32)12-25-30(20)23(29-22)26-18-7-8-18/h3-6,9,12-13,18H,7-8,10-11H2,1-2H3,(H,27,31,32)(H2,24,26,28,29)/b16-9+. The Morgan fingerprint density at radius 2 is 1.97 bits per heavy atom. The van der Waals surface area contributed by atoms with Gasteiger partial charge in [0.2, 0.25) is 17.8 Å². The van der Waals surface area contributed by atoms with E-state index in [1.165, 1.54) is 5.56 Å². The van der Waals surface area contributed by atoms with Crippen molar-refractivity contribution in [2.45, 2.75) is 51.6 Å². The molecule has 1 aliphatic heterocycles. The van der Waals surface area contributed by atoms with Crippen molar-refractivity contribution in [3.63, 3.8) is 0 Å². The summed E-state index contributed by atoms with van der Waals surface area (Å²) in [6.45, 7) is 4.93. The molecule has 0 bridgehead atoms. The molecule has 1 saturated heterocycles. The Morgan fingerprint density at radius 3 is 2.62 bits per heavy atom. The summed E-state index contributed by atoms with van der Waals surface area (Å²) in [5.74, 6) is 0.898. The van der Waals surface area contributed by atoms with Crippen molar-refractivity contribution >= 4 is 35.4 Å². The zero-order valence-corrected chi connectivity index (χ0v) is 18.1. The molecule has 164 valence electrons. The van der Waals surface area contributed by atoms with E-state index in [9.17, 15) is 9.59 Å². The fraction of sp³-hybridized carbons (Fsp3) is 0.348. The molecule has 0 radical (unpaired) electrons. The van der Waals surface area contributed by atoms with E-state index in [-0.39, 0.29) is 18.2 Å². The van der Waals surface area contributed by atoms with Crippen LogP contribution in [0.2, 0.25) is 0 Å². The van der Waals surface area contributed by atoms with Crippen LogP contribution in [-0.4, -0.2) is 37.4 Å². The number of amides is 2. The average Bonchev–Trinajstić information content (AvgIpc) is 3.41. The second-order valence-electron chi connectivity index (χ2n) is 8.60. The van der Waals surface area contributed by atoms with Gasteiger partial charge >= 0.3 is 0 Å². The van der Waals surface area contributed by atoms with E-state index < -0.39 is 0 Å². The van der Waals surface area contributed by atoms with Gasteiger partial charge < -0.3 is 10.6 Å². The lowest BCUT2D eigenvalue weighted by molar-refractivity contribution is -0.124. The van der Waals surface area contributed by atoms with Crippen LogP contribution in [0.4, 0.5) is 11.9 Å². The second kappa shape index (κ2) is 8.07. The summed E-state index contributed by atoms with van der Waals surface area (Å²) in [6, 6.07) is 8.87. The first-order valence-electron chi connectivity index (χ1n) is 10.9. The lowest BCUT2D eigenvalue weighted by Gasteiger charge is -2.11. The third kappa shape index (κ3) is 4.18. The normalized spacial score (nSPS) is 17.4. The Hall–Kier alpha value is -3.75. The van der Waals surface area contributed by atoms with Crippen molar-refractivity contribution < 1.29 is 9.59 Å². The Labute approximate surface area is 185 Å². The number of fused-ring (bicyclic) bond motifs is 1. The second-order valence-corrected chi connectivity index (χ2v) is 8.60. The number of hydrogen-bond acceptors (Lipinski definition) is 7. The first-order chi connectivity index (χ1) is 15.5. The van der Waals surface area contributed by atoms with Crippen molar-refractivity contribution in [3.8, 4) is 0 Å². The summed E-state index contributed by atoms with van der Waals surface area (Å²) in [4.78, 5) is 32.8. The highest BCUT2D eigenvalue weighted by Gasteiger charge is 2.26. The van der Waals surface area contributed by atoms with E-state index in [0.29, 0.717) is 47.2 Å². The Balaban J connectivity index is 1.44. The van der Waals surface area contributed by atoms with E-state index >= 15 is 0 Å². The number of rotatable bonds is 7. The Kier molecular flexibility index (Phi) is 5.08. The molecular formula is C23H25N7O2. The molecule has 5 rings (SSSR count). The number of aromatic nitrogens is 4. The lowest BCUT2D eigenvalue weighted by atomic mass is 10.0. The van der Waals surface area contributed by atoms with E-state index in [1.54, 1.807) is 16.8 Å². The first-order valence-corrected chi connectivity index (χ1v) is 10.9. The molecule has 3 N–H and O–H groups in total. The highest BCUT2D eigenvalue weighted by atomic mass is 16.2. The van der Waals surface area contributed by atoms with Crippen molar-refractivity contribution in [2.24, 2.45) is 0 Å².